The first-order chi connectivity index (χ1) is 13.5. The summed E-state index contributed by atoms with van der Waals surface area (Å²) in [5.74, 6) is 0.702. The third kappa shape index (κ3) is 3.58. The minimum atomic E-state index is -0.516. The Bertz CT molecular complexity index is 871. The van der Waals surface area contributed by atoms with Crippen molar-refractivity contribution >= 4 is 23.2 Å². The largest absolute Gasteiger partial charge is 0.343 e. The smallest absolute Gasteiger partial charge is 0.254 e. The lowest BCUT2D eigenvalue weighted by atomic mass is 9.88. The molecule has 6 heteroatoms. The minimum Gasteiger partial charge on any atom is -0.343 e. The van der Waals surface area contributed by atoms with E-state index < -0.39 is 6.04 Å². The van der Waals surface area contributed by atoms with Gasteiger partial charge >= 0.3 is 0 Å². The average Bonchev–Trinajstić information content (AvgIpc) is 3.33. The summed E-state index contributed by atoms with van der Waals surface area (Å²) in [6.45, 7) is 6.08. The van der Waals surface area contributed by atoms with Crippen molar-refractivity contribution in [2.24, 2.45) is 0 Å². The molecule has 1 aromatic heterocycles. The normalized spacial score (nSPS) is 25.1. The molecule has 2 heterocycles. The first-order valence-corrected chi connectivity index (χ1v) is 10.5. The van der Waals surface area contributed by atoms with E-state index in [-0.39, 0.29) is 11.3 Å². The van der Waals surface area contributed by atoms with E-state index in [2.05, 4.69) is 22.1 Å². The number of hydrogen-bond acceptors (Lipinski definition) is 4. The lowest BCUT2D eigenvalue weighted by molar-refractivity contribution is -0.109. The Kier molecular flexibility index (Phi) is 5.23. The standard InChI is InChI=1S/C22H30N4O2/c1-15(13-27)23-20(28)17-9-6-10-18-19(17)25-21(24-18)22(2)11-12-26(14-22)16-7-4-3-5-8-16/h6,9-10,13,15-16H,3-5,7-8,11-12,14H2,1-2H3,(H,23,28)(H,24,25). The highest BCUT2D eigenvalue weighted by atomic mass is 16.2. The number of amides is 1. The number of nitrogens with zero attached hydrogens (tertiary/aromatic N) is 2. The number of aldehydes is 1. The number of hydrogen-bond donors (Lipinski definition) is 2. The predicted octanol–water partition coefficient (Wildman–Crippen LogP) is 3.18. The van der Waals surface area contributed by atoms with Gasteiger partial charge in [0.2, 0.25) is 0 Å². The third-order valence-corrected chi connectivity index (χ3v) is 6.49. The fourth-order valence-electron chi connectivity index (χ4n) is 4.77. The topological polar surface area (TPSA) is 78.1 Å². The lowest BCUT2D eigenvalue weighted by Gasteiger charge is -2.32. The Morgan fingerprint density at radius 3 is 2.89 bits per heavy atom. The number of aromatic nitrogens is 2. The van der Waals surface area contributed by atoms with Crippen molar-refractivity contribution in [3.63, 3.8) is 0 Å². The van der Waals surface area contributed by atoms with Crippen LogP contribution in [-0.2, 0) is 10.2 Å². The minimum absolute atomic E-state index is 0.0275. The van der Waals surface area contributed by atoms with Gasteiger partial charge in [-0.1, -0.05) is 32.3 Å². The molecule has 2 atom stereocenters. The molecule has 6 nitrogen and oxygen atoms in total. The van der Waals surface area contributed by atoms with Crippen molar-refractivity contribution in [2.45, 2.75) is 69.9 Å². The monoisotopic (exact) mass is 382 g/mol. The van der Waals surface area contributed by atoms with E-state index in [1.807, 2.05) is 12.1 Å². The molecule has 1 saturated carbocycles. The van der Waals surface area contributed by atoms with Gasteiger partial charge in [-0.05, 0) is 44.9 Å². The molecule has 0 radical (unpaired) electrons. The van der Waals surface area contributed by atoms with Crippen LogP contribution in [0.5, 0.6) is 0 Å². The number of para-hydroxylation sites is 1. The van der Waals surface area contributed by atoms with Crippen LogP contribution in [0.15, 0.2) is 18.2 Å². The molecule has 2 fully saturated rings. The second-order valence-electron chi connectivity index (χ2n) is 8.76. The molecule has 1 aliphatic carbocycles. The molecule has 1 saturated heterocycles. The van der Waals surface area contributed by atoms with Crippen LogP contribution in [0.25, 0.3) is 11.0 Å². The molecule has 4 rings (SSSR count). The highest BCUT2D eigenvalue weighted by molar-refractivity contribution is 6.05. The highest BCUT2D eigenvalue weighted by Gasteiger charge is 2.40. The van der Waals surface area contributed by atoms with Gasteiger partial charge in [-0.3, -0.25) is 9.69 Å². The number of benzene rings is 1. The summed E-state index contributed by atoms with van der Waals surface area (Å²) < 4.78 is 0. The van der Waals surface area contributed by atoms with Gasteiger partial charge in [-0.2, -0.15) is 0 Å². The van der Waals surface area contributed by atoms with E-state index in [1.165, 1.54) is 32.1 Å². The van der Waals surface area contributed by atoms with Crippen molar-refractivity contribution in [3.8, 4) is 0 Å². The molecule has 2 unspecified atom stereocenters. The zero-order chi connectivity index (χ0) is 19.7. The molecule has 2 N–H and O–H groups in total. The zero-order valence-electron chi connectivity index (χ0n) is 16.8. The number of carbonyl (C=O) groups excluding carboxylic acids is 2. The number of carbonyl (C=O) groups is 2. The Balaban J connectivity index is 1.58. The van der Waals surface area contributed by atoms with E-state index in [4.69, 9.17) is 4.98 Å². The van der Waals surface area contributed by atoms with Crippen molar-refractivity contribution in [2.75, 3.05) is 13.1 Å². The predicted molar refractivity (Wildman–Crippen MR) is 110 cm³/mol. The summed E-state index contributed by atoms with van der Waals surface area (Å²) in [6, 6.07) is 5.79. The van der Waals surface area contributed by atoms with Crippen LogP contribution in [0, 0.1) is 0 Å². The van der Waals surface area contributed by atoms with Crippen LogP contribution in [-0.4, -0.2) is 52.2 Å². The van der Waals surface area contributed by atoms with Gasteiger partial charge in [0.1, 0.15) is 17.6 Å². The Morgan fingerprint density at radius 1 is 1.36 bits per heavy atom. The summed E-state index contributed by atoms with van der Waals surface area (Å²) >= 11 is 0. The summed E-state index contributed by atoms with van der Waals surface area (Å²) in [7, 11) is 0. The first kappa shape index (κ1) is 19.1. The van der Waals surface area contributed by atoms with E-state index in [1.54, 1.807) is 13.0 Å². The van der Waals surface area contributed by atoms with E-state index in [0.29, 0.717) is 17.1 Å². The van der Waals surface area contributed by atoms with Gasteiger partial charge in [0, 0.05) is 18.0 Å². The van der Waals surface area contributed by atoms with Gasteiger partial charge in [0.05, 0.1) is 17.1 Å². The molecule has 0 spiro atoms. The number of aromatic amines is 1. The van der Waals surface area contributed by atoms with Crippen LogP contribution >= 0.6 is 0 Å². The Hall–Kier alpha value is -2.21. The van der Waals surface area contributed by atoms with E-state index >= 15 is 0 Å². The number of nitrogens with one attached hydrogen (secondary N) is 2. The molecule has 28 heavy (non-hydrogen) atoms. The van der Waals surface area contributed by atoms with E-state index in [0.717, 1.165) is 37.1 Å². The van der Waals surface area contributed by atoms with Crippen LogP contribution in [0.3, 0.4) is 0 Å². The highest BCUT2D eigenvalue weighted by Crippen LogP contribution is 2.37. The van der Waals surface area contributed by atoms with E-state index in [9.17, 15) is 9.59 Å². The van der Waals surface area contributed by atoms with Gasteiger partial charge in [0.15, 0.2) is 0 Å². The van der Waals surface area contributed by atoms with Crippen molar-refractivity contribution < 1.29 is 9.59 Å². The first-order valence-electron chi connectivity index (χ1n) is 10.5. The van der Waals surface area contributed by atoms with Crippen molar-refractivity contribution in [1.82, 2.24) is 20.2 Å². The molecule has 1 aromatic carbocycles. The second kappa shape index (κ2) is 7.66. The number of rotatable bonds is 5. The number of likely N-dealkylation sites (tertiary alicyclic amines) is 1. The average molecular weight is 383 g/mol. The molecule has 1 amide bonds. The molecule has 2 aliphatic rings. The second-order valence-corrected chi connectivity index (χ2v) is 8.76. The number of imidazole rings is 1. The maximum Gasteiger partial charge on any atom is 0.254 e. The quantitative estimate of drug-likeness (QED) is 0.779. The van der Waals surface area contributed by atoms with Gasteiger partial charge < -0.3 is 15.1 Å². The number of fused-ring (bicyclic) bond motifs is 1. The summed E-state index contributed by atoms with van der Waals surface area (Å²) in [5.41, 5.74) is 2.05. The third-order valence-electron chi connectivity index (χ3n) is 6.49. The Labute approximate surface area is 166 Å². The van der Waals surface area contributed by atoms with Crippen LogP contribution in [0.4, 0.5) is 0 Å². The van der Waals surface area contributed by atoms with Gasteiger partial charge in [-0.15, -0.1) is 0 Å². The zero-order valence-corrected chi connectivity index (χ0v) is 16.8. The fourth-order valence-corrected chi connectivity index (χ4v) is 4.77. The number of H-pyrrole nitrogens is 1. The molecule has 1 aliphatic heterocycles. The van der Waals surface area contributed by atoms with Gasteiger partial charge in [-0.25, -0.2) is 4.98 Å². The summed E-state index contributed by atoms with van der Waals surface area (Å²) in [6.07, 6.45) is 8.50. The molecule has 0 bridgehead atoms. The Morgan fingerprint density at radius 2 is 2.14 bits per heavy atom. The van der Waals surface area contributed by atoms with Crippen LogP contribution in [0.2, 0.25) is 0 Å². The maximum atomic E-state index is 12.6. The molecule has 2 aromatic rings. The molecular weight excluding hydrogens is 352 g/mol. The summed E-state index contributed by atoms with van der Waals surface area (Å²) in [5, 5.41) is 2.71. The molecule has 150 valence electrons. The van der Waals surface area contributed by atoms with Gasteiger partial charge in [0.25, 0.3) is 5.91 Å². The fraction of sp³-hybridized carbons (Fsp3) is 0.591. The lowest BCUT2D eigenvalue weighted by Crippen LogP contribution is -2.37. The van der Waals surface area contributed by atoms with Crippen LogP contribution in [0.1, 0.15) is 68.6 Å². The SMILES string of the molecule is CC(C=O)NC(=O)c1cccc2[nH]c(C3(C)CCN(C4CCCCC4)C3)nc12. The molecular formula is C22H30N4O2. The van der Waals surface area contributed by atoms with Crippen LogP contribution < -0.4 is 5.32 Å². The maximum absolute atomic E-state index is 12.6. The van der Waals surface area contributed by atoms with Crippen molar-refractivity contribution in [1.29, 1.82) is 0 Å². The summed E-state index contributed by atoms with van der Waals surface area (Å²) in [4.78, 5) is 34.4. The van der Waals surface area contributed by atoms with Crippen molar-refractivity contribution in [3.05, 3.63) is 29.6 Å².